The van der Waals surface area contributed by atoms with Gasteiger partial charge in [0.2, 0.25) is 0 Å². The van der Waals surface area contributed by atoms with Gasteiger partial charge in [0.25, 0.3) is 0 Å². The zero-order chi connectivity index (χ0) is 16.5. The molecule has 5 heteroatoms. The zero-order valence-corrected chi connectivity index (χ0v) is 12.9. The molecule has 3 aromatic rings. The van der Waals surface area contributed by atoms with Crippen molar-refractivity contribution >= 4 is 11.9 Å². The molecular formula is C19H15N3O2. The Kier molecular flexibility index (Phi) is 3.46. The Labute approximate surface area is 138 Å². The van der Waals surface area contributed by atoms with E-state index in [9.17, 15) is 9.90 Å². The summed E-state index contributed by atoms with van der Waals surface area (Å²) in [5.41, 5.74) is 3.24. The maximum atomic E-state index is 12.6. The number of Topliss-reactive ketones (excluding diaryl/α,β-unsaturated/α-hetero) is 1. The normalized spacial score (nSPS) is 15.5. The first-order valence-electron chi connectivity index (χ1n) is 7.72. The largest absolute Gasteiger partial charge is 0.508 e. The van der Waals surface area contributed by atoms with E-state index < -0.39 is 0 Å². The summed E-state index contributed by atoms with van der Waals surface area (Å²) >= 11 is 0. The van der Waals surface area contributed by atoms with Gasteiger partial charge in [-0.15, -0.1) is 0 Å². The Balaban J connectivity index is 1.62. The molecule has 1 aromatic carbocycles. The molecule has 0 saturated heterocycles. The summed E-state index contributed by atoms with van der Waals surface area (Å²) in [5, 5.41) is 9.54. The van der Waals surface area contributed by atoms with Crippen LogP contribution in [0.2, 0.25) is 0 Å². The lowest BCUT2D eigenvalue weighted by Crippen LogP contribution is -2.13. The molecule has 0 bridgehead atoms. The molecule has 118 valence electrons. The summed E-state index contributed by atoms with van der Waals surface area (Å²) in [7, 11) is 0. The van der Waals surface area contributed by atoms with Gasteiger partial charge in [0.1, 0.15) is 17.9 Å². The number of pyridine rings is 1. The van der Waals surface area contributed by atoms with Crippen LogP contribution in [0.4, 0.5) is 0 Å². The lowest BCUT2D eigenvalue weighted by Gasteiger charge is -2.17. The Bertz CT molecular complexity index is 926. The predicted octanol–water partition coefficient (Wildman–Crippen LogP) is 3.19. The van der Waals surface area contributed by atoms with Gasteiger partial charge in [0, 0.05) is 29.7 Å². The van der Waals surface area contributed by atoms with Crippen molar-refractivity contribution in [2.75, 3.05) is 0 Å². The Hall–Kier alpha value is -3.21. The number of nitrogens with zero attached hydrogens (tertiary/aromatic N) is 3. The first-order chi connectivity index (χ1) is 11.7. The Morgan fingerprint density at radius 3 is 2.83 bits per heavy atom. The van der Waals surface area contributed by atoms with Gasteiger partial charge in [-0.25, -0.2) is 9.97 Å². The number of aromatic nitrogens is 3. The molecule has 2 aromatic heterocycles. The number of imidazole rings is 1. The van der Waals surface area contributed by atoms with Crippen LogP contribution < -0.4 is 0 Å². The minimum absolute atomic E-state index is 0.0231. The Morgan fingerprint density at radius 1 is 1.17 bits per heavy atom. The molecule has 0 amide bonds. The summed E-state index contributed by atoms with van der Waals surface area (Å²) in [6.07, 6.45) is 10.3. The van der Waals surface area contributed by atoms with Crippen LogP contribution in [-0.4, -0.2) is 25.4 Å². The number of carbonyl (C=O) groups excluding carboxylic acids is 1. The summed E-state index contributed by atoms with van der Waals surface area (Å²) in [4.78, 5) is 21.0. The maximum Gasteiger partial charge on any atom is 0.189 e. The van der Waals surface area contributed by atoms with Crippen LogP contribution in [0.3, 0.4) is 0 Å². The second kappa shape index (κ2) is 5.77. The number of aromatic hydroxyl groups is 1. The molecule has 24 heavy (non-hydrogen) atoms. The highest BCUT2D eigenvalue weighted by Gasteiger charge is 2.22. The number of rotatable bonds is 2. The number of hydrogen-bond donors (Lipinski definition) is 1. The van der Waals surface area contributed by atoms with E-state index in [1.807, 2.05) is 29.0 Å². The number of benzene rings is 1. The molecule has 1 aliphatic carbocycles. The lowest BCUT2D eigenvalue weighted by molar-refractivity contribution is 0.102. The summed E-state index contributed by atoms with van der Waals surface area (Å²) < 4.78 is 1.82. The second-order valence-corrected chi connectivity index (χ2v) is 5.76. The number of phenols is 1. The number of phenolic OH excluding ortho intramolecular Hbond substituents is 1. The molecule has 0 aliphatic heterocycles. The van der Waals surface area contributed by atoms with Gasteiger partial charge < -0.3 is 5.11 Å². The van der Waals surface area contributed by atoms with Gasteiger partial charge in [0.15, 0.2) is 5.78 Å². The highest BCUT2D eigenvalue weighted by Crippen LogP contribution is 2.29. The third kappa shape index (κ3) is 2.60. The van der Waals surface area contributed by atoms with Crippen molar-refractivity contribution in [2.45, 2.75) is 12.8 Å². The number of allylic oxidation sites excluding steroid dienone is 1. The van der Waals surface area contributed by atoms with Crippen LogP contribution in [0.25, 0.3) is 11.9 Å². The molecular weight excluding hydrogens is 302 g/mol. The fourth-order valence-corrected chi connectivity index (χ4v) is 2.93. The standard InChI is InChI=1S/C19H15N3O2/c23-16-4-5-17-14(10-16)2-3-15(19(17)24)9-13-1-6-18(21-11-13)22-8-7-20-12-22/h1,4-12,23H,2-3H2. The minimum atomic E-state index is 0.0231. The SMILES string of the molecule is O=C1C(=Cc2ccc(-n3ccnc3)nc2)CCc2cc(O)ccc21. The van der Waals surface area contributed by atoms with Gasteiger partial charge in [-0.2, -0.15) is 0 Å². The second-order valence-electron chi connectivity index (χ2n) is 5.76. The van der Waals surface area contributed by atoms with Gasteiger partial charge in [0.05, 0.1) is 0 Å². The van der Waals surface area contributed by atoms with Crippen molar-refractivity contribution in [3.8, 4) is 11.6 Å². The van der Waals surface area contributed by atoms with Crippen molar-refractivity contribution < 1.29 is 9.90 Å². The fourth-order valence-electron chi connectivity index (χ4n) is 2.93. The monoisotopic (exact) mass is 317 g/mol. The van der Waals surface area contributed by atoms with Crippen molar-refractivity contribution in [1.82, 2.24) is 14.5 Å². The first kappa shape index (κ1) is 14.4. The number of ketones is 1. The van der Waals surface area contributed by atoms with Crippen LogP contribution >= 0.6 is 0 Å². The van der Waals surface area contributed by atoms with E-state index in [2.05, 4.69) is 9.97 Å². The van der Waals surface area contributed by atoms with E-state index in [0.717, 1.165) is 28.9 Å². The van der Waals surface area contributed by atoms with E-state index in [1.54, 1.807) is 36.9 Å². The first-order valence-corrected chi connectivity index (χ1v) is 7.72. The van der Waals surface area contributed by atoms with Crippen LogP contribution in [0.5, 0.6) is 5.75 Å². The van der Waals surface area contributed by atoms with E-state index in [0.29, 0.717) is 12.0 Å². The highest BCUT2D eigenvalue weighted by molar-refractivity contribution is 6.13. The maximum absolute atomic E-state index is 12.6. The van der Waals surface area contributed by atoms with E-state index in [1.165, 1.54) is 0 Å². The number of fused-ring (bicyclic) bond motifs is 1. The molecule has 0 fully saturated rings. The zero-order valence-electron chi connectivity index (χ0n) is 12.9. The third-order valence-corrected chi connectivity index (χ3v) is 4.17. The van der Waals surface area contributed by atoms with Crippen LogP contribution in [0, 0.1) is 0 Å². The molecule has 0 atom stereocenters. The number of carbonyl (C=O) groups is 1. The van der Waals surface area contributed by atoms with Crippen molar-refractivity contribution in [2.24, 2.45) is 0 Å². The molecule has 0 spiro atoms. The third-order valence-electron chi connectivity index (χ3n) is 4.17. The molecule has 0 unspecified atom stereocenters. The number of aryl methyl sites for hydroxylation is 1. The Morgan fingerprint density at radius 2 is 2.08 bits per heavy atom. The van der Waals surface area contributed by atoms with Crippen molar-refractivity contribution in [3.05, 3.63) is 77.5 Å². The van der Waals surface area contributed by atoms with Gasteiger partial charge in [-0.1, -0.05) is 0 Å². The van der Waals surface area contributed by atoms with Crippen molar-refractivity contribution in [1.29, 1.82) is 0 Å². The molecule has 1 aliphatic rings. The molecule has 0 saturated carbocycles. The van der Waals surface area contributed by atoms with Crippen LogP contribution in [0.1, 0.15) is 27.9 Å². The summed E-state index contributed by atoms with van der Waals surface area (Å²) in [6, 6.07) is 8.76. The van der Waals surface area contributed by atoms with Crippen LogP contribution in [0.15, 0.2) is 60.8 Å². The summed E-state index contributed by atoms with van der Waals surface area (Å²) in [6.45, 7) is 0. The fraction of sp³-hybridized carbons (Fsp3) is 0.105. The smallest absolute Gasteiger partial charge is 0.189 e. The molecule has 5 nitrogen and oxygen atoms in total. The average Bonchev–Trinajstić information content (AvgIpc) is 3.12. The quantitative estimate of drug-likeness (QED) is 0.737. The van der Waals surface area contributed by atoms with Gasteiger partial charge in [-0.3, -0.25) is 9.36 Å². The van der Waals surface area contributed by atoms with Gasteiger partial charge >= 0.3 is 0 Å². The summed E-state index contributed by atoms with van der Waals surface area (Å²) in [5.74, 6) is 1.01. The van der Waals surface area contributed by atoms with E-state index >= 15 is 0 Å². The molecule has 2 heterocycles. The average molecular weight is 317 g/mol. The van der Waals surface area contributed by atoms with Gasteiger partial charge in [-0.05, 0) is 60.4 Å². The van der Waals surface area contributed by atoms with E-state index in [4.69, 9.17) is 0 Å². The lowest BCUT2D eigenvalue weighted by atomic mass is 9.86. The molecule has 4 rings (SSSR count). The van der Waals surface area contributed by atoms with E-state index in [-0.39, 0.29) is 11.5 Å². The topological polar surface area (TPSA) is 68.0 Å². The molecule has 0 radical (unpaired) electrons. The van der Waals surface area contributed by atoms with Crippen LogP contribution in [-0.2, 0) is 6.42 Å². The minimum Gasteiger partial charge on any atom is -0.508 e. The predicted molar refractivity (Wildman–Crippen MR) is 90.1 cm³/mol. The highest BCUT2D eigenvalue weighted by atomic mass is 16.3. The molecule has 1 N–H and O–H groups in total. The van der Waals surface area contributed by atoms with Crippen molar-refractivity contribution in [3.63, 3.8) is 0 Å². The number of hydrogen-bond acceptors (Lipinski definition) is 4.